The van der Waals surface area contributed by atoms with Gasteiger partial charge in [0.1, 0.15) is 0 Å². The molecule has 0 aromatic heterocycles. The van der Waals surface area contributed by atoms with Crippen molar-refractivity contribution in [3.05, 3.63) is 0 Å². The molecule has 0 aliphatic carbocycles. The predicted octanol–water partition coefficient (Wildman–Crippen LogP) is 2.43. The van der Waals surface area contributed by atoms with Crippen molar-refractivity contribution in [1.29, 1.82) is 0 Å². The Labute approximate surface area is 115 Å². The first kappa shape index (κ1) is 17.9. The molecule has 0 saturated carbocycles. The highest BCUT2D eigenvalue weighted by Crippen LogP contribution is 2.07. The van der Waals surface area contributed by atoms with E-state index in [1.54, 1.807) is 0 Å². The summed E-state index contributed by atoms with van der Waals surface area (Å²) in [5, 5.41) is 3.59. The zero-order valence-electron chi connectivity index (χ0n) is 13.3. The molecular formula is C15H35N3. The van der Waals surface area contributed by atoms with Gasteiger partial charge >= 0.3 is 0 Å². The summed E-state index contributed by atoms with van der Waals surface area (Å²) in [6.45, 7) is 12.7. The predicted molar refractivity (Wildman–Crippen MR) is 82.3 cm³/mol. The van der Waals surface area contributed by atoms with E-state index >= 15 is 0 Å². The first-order chi connectivity index (χ1) is 8.65. The lowest BCUT2D eigenvalue weighted by atomic mass is 10.1. The highest BCUT2D eigenvalue weighted by atomic mass is 15.2. The molecule has 110 valence electrons. The Morgan fingerprint density at radius 3 is 2.11 bits per heavy atom. The number of rotatable bonds is 12. The Bertz CT molecular complexity index is 171. The van der Waals surface area contributed by atoms with E-state index in [1.807, 2.05) is 0 Å². The van der Waals surface area contributed by atoms with Crippen molar-refractivity contribution in [2.24, 2.45) is 0 Å². The van der Waals surface area contributed by atoms with Crippen LogP contribution in [0.3, 0.4) is 0 Å². The van der Waals surface area contributed by atoms with Crippen LogP contribution >= 0.6 is 0 Å². The summed E-state index contributed by atoms with van der Waals surface area (Å²) < 4.78 is 0. The van der Waals surface area contributed by atoms with Gasteiger partial charge in [0.15, 0.2) is 0 Å². The second-order valence-electron chi connectivity index (χ2n) is 5.49. The van der Waals surface area contributed by atoms with Crippen LogP contribution in [0.4, 0.5) is 0 Å². The number of hydrogen-bond donors (Lipinski definition) is 1. The fourth-order valence-corrected chi connectivity index (χ4v) is 2.29. The summed E-state index contributed by atoms with van der Waals surface area (Å²) in [5.41, 5.74) is 0. The first-order valence-corrected chi connectivity index (χ1v) is 7.75. The lowest BCUT2D eigenvalue weighted by Gasteiger charge is -2.32. The molecule has 0 bridgehead atoms. The molecule has 0 fully saturated rings. The van der Waals surface area contributed by atoms with Gasteiger partial charge in [0, 0.05) is 25.7 Å². The third-order valence-electron chi connectivity index (χ3n) is 3.29. The van der Waals surface area contributed by atoms with Crippen molar-refractivity contribution in [2.75, 3.05) is 46.8 Å². The van der Waals surface area contributed by atoms with Crippen LogP contribution < -0.4 is 5.32 Å². The normalized spacial score (nSPS) is 13.5. The minimum Gasteiger partial charge on any atom is -0.315 e. The molecule has 0 aliphatic rings. The Balaban J connectivity index is 4.24. The number of likely N-dealkylation sites (N-methyl/N-ethyl adjacent to an activating group) is 1. The molecule has 0 aromatic carbocycles. The minimum atomic E-state index is 0.710. The van der Waals surface area contributed by atoms with E-state index in [4.69, 9.17) is 0 Å². The van der Waals surface area contributed by atoms with Crippen molar-refractivity contribution >= 4 is 0 Å². The highest BCUT2D eigenvalue weighted by molar-refractivity contribution is 4.74. The molecule has 0 aromatic rings. The number of nitrogens with one attached hydrogen (secondary N) is 1. The van der Waals surface area contributed by atoms with Crippen molar-refractivity contribution in [1.82, 2.24) is 15.1 Å². The molecule has 3 heteroatoms. The summed E-state index contributed by atoms with van der Waals surface area (Å²) in [5.74, 6) is 0. The van der Waals surface area contributed by atoms with E-state index in [2.05, 4.69) is 50.0 Å². The maximum absolute atomic E-state index is 3.59. The summed E-state index contributed by atoms with van der Waals surface area (Å²) in [7, 11) is 4.32. The average Bonchev–Trinajstić information content (AvgIpc) is 2.33. The van der Waals surface area contributed by atoms with Crippen LogP contribution in [0.25, 0.3) is 0 Å². The van der Waals surface area contributed by atoms with E-state index in [0.717, 1.165) is 19.6 Å². The molecule has 1 atom stereocenters. The van der Waals surface area contributed by atoms with Crippen LogP contribution in [-0.2, 0) is 0 Å². The van der Waals surface area contributed by atoms with Gasteiger partial charge in [-0.2, -0.15) is 0 Å². The molecule has 0 spiro atoms. The average molecular weight is 257 g/mol. The Hall–Kier alpha value is -0.120. The van der Waals surface area contributed by atoms with Crippen LogP contribution in [-0.4, -0.2) is 62.7 Å². The van der Waals surface area contributed by atoms with Crippen LogP contribution in [0.5, 0.6) is 0 Å². The lowest BCUT2D eigenvalue weighted by molar-refractivity contribution is 0.166. The van der Waals surface area contributed by atoms with Gasteiger partial charge in [0.05, 0.1) is 0 Å². The standard InChI is InChI=1S/C15H35N3/c1-6-9-15(14-16-10-7-2)18(11-8-3)13-12-17(4)5/h15-16H,6-14H2,1-5H3. The topological polar surface area (TPSA) is 18.5 Å². The molecule has 0 saturated heterocycles. The van der Waals surface area contributed by atoms with Gasteiger partial charge in [-0.3, -0.25) is 4.90 Å². The molecule has 0 amide bonds. The van der Waals surface area contributed by atoms with Gasteiger partial charge < -0.3 is 10.2 Å². The monoisotopic (exact) mass is 257 g/mol. The second-order valence-corrected chi connectivity index (χ2v) is 5.49. The first-order valence-electron chi connectivity index (χ1n) is 7.75. The Kier molecular flexibility index (Phi) is 11.9. The van der Waals surface area contributed by atoms with Crippen LogP contribution in [0.2, 0.25) is 0 Å². The van der Waals surface area contributed by atoms with Gasteiger partial charge in [-0.25, -0.2) is 0 Å². The zero-order chi connectivity index (χ0) is 13.8. The number of hydrogen-bond acceptors (Lipinski definition) is 3. The van der Waals surface area contributed by atoms with Crippen molar-refractivity contribution in [2.45, 2.75) is 52.5 Å². The van der Waals surface area contributed by atoms with E-state index < -0.39 is 0 Å². The SMILES string of the molecule is CCCNCC(CCC)N(CCC)CCN(C)C. The largest absolute Gasteiger partial charge is 0.315 e. The molecule has 0 aliphatic heterocycles. The fraction of sp³-hybridized carbons (Fsp3) is 1.00. The summed E-state index contributed by atoms with van der Waals surface area (Å²) in [6.07, 6.45) is 5.07. The molecule has 0 radical (unpaired) electrons. The van der Waals surface area contributed by atoms with Crippen molar-refractivity contribution in [3.8, 4) is 0 Å². The molecule has 1 N–H and O–H groups in total. The van der Waals surface area contributed by atoms with Gasteiger partial charge in [-0.1, -0.05) is 27.2 Å². The zero-order valence-corrected chi connectivity index (χ0v) is 13.3. The second kappa shape index (κ2) is 11.9. The van der Waals surface area contributed by atoms with Gasteiger partial charge in [-0.05, 0) is 46.4 Å². The Morgan fingerprint density at radius 2 is 1.61 bits per heavy atom. The van der Waals surface area contributed by atoms with Crippen molar-refractivity contribution < 1.29 is 0 Å². The lowest BCUT2D eigenvalue weighted by Crippen LogP contribution is -2.45. The van der Waals surface area contributed by atoms with Crippen LogP contribution in [0.1, 0.15) is 46.5 Å². The summed E-state index contributed by atoms with van der Waals surface area (Å²) in [6, 6.07) is 0.710. The third kappa shape index (κ3) is 8.90. The van der Waals surface area contributed by atoms with E-state index in [1.165, 1.54) is 38.8 Å². The summed E-state index contributed by atoms with van der Waals surface area (Å²) >= 11 is 0. The highest BCUT2D eigenvalue weighted by Gasteiger charge is 2.16. The van der Waals surface area contributed by atoms with Gasteiger partial charge in [-0.15, -0.1) is 0 Å². The maximum Gasteiger partial charge on any atom is 0.0221 e. The third-order valence-corrected chi connectivity index (χ3v) is 3.29. The smallest absolute Gasteiger partial charge is 0.0221 e. The van der Waals surface area contributed by atoms with Crippen LogP contribution in [0.15, 0.2) is 0 Å². The Morgan fingerprint density at radius 1 is 0.889 bits per heavy atom. The van der Waals surface area contributed by atoms with Gasteiger partial charge in [0.25, 0.3) is 0 Å². The maximum atomic E-state index is 3.59. The quantitative estimate of drug-likeness (QED) is 0.542. The number of nitrogens with zero attached hydrogens (tertiary/aromatic N) is 2. The molecular weight excluding hydrogens is 222 g/mol. The molecule has 18 heavy (non-hydrogen) atoms. The van der Waals surface area contributed by atoms with E-state index in [9.17, 15) is 0 Å². The minimum absolute atomic E-state index is 0.710. The van der Waals surface area contributed by atoms with Crippen molar-refractivity contribution in [3.63, 3.8) is 0 Å². The van der Waals surface area contributed by atoms with Crippen LogP contribution in [0, 0.1) is 0 Å². The molecule has 1 unspecified atom stereocenters. The van der Waals surface area contributed by atoms with Gasteiger partial charge in [0.2, 0.25) is 0 Å². The van der Waals surface area contributed by atoms with E-state index in [0.29, 0.717) is 6.04 Å². The molecule has 0 rings (SSSR count). The molecule has 0 heterocycles. The summed E-state index contributed by atoms with van der Waals surface area (Å²) in [4.78, 5) is 4.96. The fourth-order valence-electron chi connectivity index (χ4n) is 2.29. The van der Waals surface area contributed by atoms with E-state index in [-0.39, 0.29) is 0 Å². The molecule has 3 nitrogen and oxygen atoms in total.